The van der Waals surface area contributed by atoms with Crippen LogP contribution in [0.3, 0.4) is 0 Å². The maximum absolute atomic E-state index is 13.5. The molecule has 0 aliphatic rings. The number of aryl methyl sites for hydroxylation is 2. The van der Waals surface area contributed by atoms with Crippen LogP contribution in [0, 0.1) is 25.5 Å². The third kappa shape index (κ3) is 3.50. The first-order valence-corrected chi connectivity index (χ1v) is 6.47. The summed E-state index contributed by atoms with van der Waals surface area (Å²) in [5, 5.41) is 0. The van der Waals surface area contributed by atoms with E-state index in [1.165, 1.54) is 0 Å². The number of rotatable bonds is 4. The van der Waals surface area contributed by atoms with Gasteiger partial charge in [0.2, 0.25) is 0 Å². The van der Waals surface area contributed by atoms with E-state index in [1.54, 1.807) is 0 Å². The molecule has 0 atom stereocenters. The van der Waals surface area contributed by atoms with E-state index < -0.39 is 11.6 Å². The molecule has 2 rings (SSSR count). The molecule has 2 aromatic rings. The lowest BCUT2D eigenvalue weighted by molar-refractivity contribution is -0.117. The monoisotopic (exact) mass is 274 g/mol. The van der Waals surface area contributed by atoms with Gasteiger partial charge in [-0.15, -0.1) is 0 Å². The van der Waals surface area contributed by atoms with Crippen LogP contribution in [0.5, 0.6) is 0 Å². The molecule has 0 bridgehead atoms. The molecule has 20 heavy (non-hydrogen) atoms. The number of hydrogen-bond donors (Lipinski definition) is 0. The lowest BCUT2D eigenvalue weighted by Gasteiger charge is -2.07. The van der Waals surface area contributed by atoms with E-state index in [0.29, 0.717) is 0 Å². The molecule has 0 aromatic heterocycles. The Bertz CT molecular complexity index is 592. The molecule has 0 N–H and O–H groups in total. The number of ketones is 1. The van der Waals surface area contributed by atoms with E-state index in [-0.39, 0.29) is 24.2 Å². The van der Waals surface area contributed by atoms with Crippen LogP contribution < -0.4 is 0 Å². The van der Waals surface area contributed by atoms with E-state index in [2.05, 4.69) is 0 Å². The summed E-state index contributed by atoms with van der Waals surface area (Å²) in [6.45, 7) is 3.89. The molecule has 0 amide bonds. The van der Waals surface area contributed by atoms with Crippen molar-refractivity contribution in [3.05, 3.63) is 70.3 Å². The minimum absolute atomic E-state index is 0.0863. The molecule has 0 aliphatic carbocycles. The molecule has 0 spiro atoms. The van der Waals surface area contributed by atoms with E-state index in [0.717, 1.165) is 34.9 Å². The van der Waals surface area contributed by atoms with Gasteiger partial charge in [0.25, 0.3) is 0 Å². The molecule has 0 fully saturated rings. The number of halogens is 2. The quantitative estimate of drug-likeness (QED) is 0.825. The summed E-state index contributed by atoms with van der Waals surface area (Å²) < 4.78 is 26.6. The zero-order valence-corrected chi connectivity index (χ0v) is 11.5. The Morgan fingerprint density at radius 1 is 0.950 bits per heavy atom. The molecular formula is C17H16F2O. The highest BCUT2D eigenvalue weighted by molar-refractivity contribution is 5.83. The highest BCUT2D eigenvalue weighted by Crippen LogP contribution is 2.15. The summed E-state index contributed by atoms with van der Waals surface area (Å²) in [6, 6.07) is 9.08. The van der Waals surface area contributed by atoms with Gasteiger partial charge in [-0.25, -0.2) is 8.78 Å². The summed E-state index contributed by atoms with van der Waals surface area (Å²) >= 11 is 0. The number of hydrogen-bond acceptors (Lipinski definition) is 1. The first-order chi connectivity index (χ1) is 9.45. The third-order valence-electron chi connectivity index (χ3n) is 3.29. The van der Waals surface area contributed by atoms with Crippen molar-refractivity contribution in [1.82, 2.24) is 0 Å². The minimum Gasteiger partial charge on any atom is -0.299 e. The van der Waals surface area contributed by atoms with Crippen LogP contribution in [0.15, 0.2) is 36.4 Å². The summed E-state index contributed by atoms with van der Waals surface area (Å²) in [4.78, 5) is 12.0. The Labute approximate surface area is 117 Å². The van der Waals surface area contributed by atoms with Gasteiger partial charge < -0.3 is 0 Å². The second kappa shape index (κ2) is 5.95. The summed E-state index contributed by atoms with van der Waals surface area (Å²) in [7, 11) is 0. The fourth-order valence-corrected chi connectivity index (χ4v) is 2.16. The smallest absolute Gasteiger partial charge is 0.141 e. The predicted octanol–water partition coefficient (Wildman–Crippen LogP) is 3.94. The minimum atomic E-state index is -0.541. The number of Topliss-reactive ketones (excluding diaryl/α,β-unsaturated/α-hetero) is 1. The molecule has 104 valence electrons. The van der Waals surface area contributed by atoms with Gasteiger partial charge in [-0.3, -0.25) is 4.79 Å². The highest BCUT2D eigenvalue weighted by atomic mass is 19.1. The van der Waals surface area contributed by atoms with E-state index >= 15 is 0 Å². The average molecular weight is 274 g/mol. The number of carbonyl (C=O) groups is 1. The summed E-state index contributed by atoms with van der Waals surface area (Å²) in [5.41, 5.74) is 3.16. The van der Waals surface area contributed by atoms with Crippen LogP contribution in [-0.4, -0.2) is 5.78 Å². The van der Waals surface area contributed by atoms with Gasteiger partial charge in [0, 0.05) is 12.8 Å². The van der Waals surface area contributed by atoms with Crippen molar-refractivity contribution in [2.75, 3.05) is 0 Å². The Morgan fingerprint density at radius 2 is 1.65 bits per heavy atom. The third-order valence-corrected chi connectivity index (χ3v) is 3.29. The van der Waals surface area contributed by atoms with Gasteiger partial charge in [0.05, 0.1) is 0 Å². The van der Waals surface area contributed by atoms with Gasteiger partial charge in [-0.1, -0.05) is 23.8 Å². The molecule has 0 unspecified atom stereocenters. The topological polar surface area (TPSA) is 17.1 Å². The molecule has 3 heteroatoms. The maximum Gasteiger partial charge on any atom is 0.141 e. The molecule has 2 aromatic carbocycles. The van der Waals surface area contributed by atoms with Crippen LogP contribution in [0.1, 0.15) is 22.3 Å². The second-order valence-electron chi connectivity index (χ2n) is 5.06. The van der Waals surface area contributed by atoms with Gasteiger partial charge in [-0.05, 0) is 48.7 Å². The van der Waals surface area contributed by atoms with Gasteiger partial charge in [0.15, 0.2) is 0 Å². The first kappa shape index (κ1) is 14.4. The van der Waals surface area contributed by atoms with Crippen molar-refractivity contribution in [1.29, 1.82) is 0 Å². The van der Waals surface area contributed by atoms with E-state index in [4.69, 9.17) is 0 Å². The van der Waals surface area contributed by atoms with Crippen LogP contribution in [0.2, 0.25) is 0 Å². The Kier molecular flexibility index (Phi) is 4.28. The number of benzene rings is 2. The standard InChI is InChI=1S/C17H16F2O/c1-11-3-4-12(2)13(7-11)9-16(20)10-14-8-15(18)5-6-17(14)19/h3-8H,9-10H2,1-2H3. The van der Waals surface area contributed by atoms with E-state index in [1.807, 2.05) is 32.0 Å². The predicted molar refractivity (Wildman–Crippen MR) is 74.7 cm³/mol. The molecule has 0 radical (unpaired) electrons. The zero-order valence-electron chi connectivity index (χ0n) is 11.5. The highest BCUT2D eigenvalue weighted by Gasteiger charge is 2.11. The Morgan fingerprint density at radius 3 is 2.40 bits per heavy atom. The van der Waals surface area contributed by atoms with Crippen LogP contribution in [0.25, 0.3) is 0 Å². The Hall–Kier alpha value is -2.03. The van der Waals surface area contributed by atoms with Crippen molar-refractivity contribution < 1.29 is 13.6 Å². The second-order valence-corrected chi connectivity index (χ2v) is 5.06. The molecular weight excluding hydrogens is 258 g/mol. The van der Waals surface area contributed by atoms with Gasteiger partial charge in [0.1, 0.15) is 17.4 Å². The lowest BCUT2D eigenvalue weighted by atomic mass is 9.98. The fraction of sp³-hybridized carbons (Fsp3) is 0.235. The molecule has 1 nitrogen and oxygen atoms in total. The van der Waals surface area contributed by atoms with Crippen LogP contribution in [0.4, 0.5) is 8.78 Å². The van der Waals surface area contributed by atoms with Crippen molar-refractivity contribution in [2.24, 2.45) is 0 Å². The molecule has 0 saturated heterocycles. The van der Waals surface area contributed by atoms with Crippen LogP contribution >= 0.6 is 0 Å². The number of carbonyl (C=O) groups excluding carboxylic acids is 1. The van der Waals surface area contributed by atoms with Crippen molar-refractivity contribution >= 4 is 5.78 Å². The lowest BCUT2D eigenvalue weighted by Crippen LogP contribution is -2.09. The maximum atomic E-state index is 13.5. The molecule has 0 aliphatic heterocycles. The largest absolute Gasteiger partial charge is 0.299 e. The molecule has 0 saturated carbocycles. The van der Waals surface area contributed by atoms with Crippen LogP contribution in [-0.2, 0) is 17.6 Å². The van der Waals surface area contributed by atoms with Gasteiger partial charge >= 0.3 is 0 Å². The zero-order chi connectivity index (χ0) is 14.7. The van der Waals surface area contributed by atoms with Gasteiger partial charge in [-0.2, -0.15) is 0 Å². The summed E-state index contributed by atoms with van der Waals surface area (Å²) in [5.74, 6) is -1.19. The van der Waals surface area contributed by atoms with Crippen molar-refractivity contribution in [3.63, 3.8) is 0 Å². The van der Waals surface area contributed by atoms with Crippen molar-refractivity contribution in [3.8, 4) is 0 Å². The van der Waals surface area contributed by atoms with E-state index in [9.17, 15) is 13.6 Å². The molecule has 0 heterocycles. The van der Waals surface area contributed by atoms with Crippen molar-refractivity contribution in [2.45, 2.75) is 26.7 Å². The SMILES string of the molecule is Cc1ccc(C)c(CC(=O)Cc2cc(F)ccc2F)c1. The normalized spacial score (nSPS) is 10.6. The summed E-state index contributed by atoms with van der Waals surface area (Å²) in [6.07, 6.45) is 0.153. The fourth-order valence-electron chi connectivity index (χ4n) is 2.16. The Balaban J connectivity index is 2.13. The average Bonchev–Trinajstić information content (AvgIpc) is 2.38. The first-order valence-electron chi connectivity index (χ1n) is 6.47.